The van der Waals surface area contributed by atoms with Gasteiger partial charge in [-0.15, -0.1) is 0 Å². The second kappa shape index (κ2) is 7.83. The molecule has 0 aliphatic carbocycles. The molecule has 3 aromatic carbocycles. The van der Waals surface area contributed by atoms with Crippen LogP contribution in [-0.4, -0.2) is 21.7 Å². The number of nitrogens with zero attached hydrogens (tertiary/aromatic N) is 2. The van der Waals surface area contributed by atoms with E-state index in [2.05, 4.69) is 0 Å². The van der Waals surface area contributed by atoms with Crippen LogP contribution >= 0.6 is 0 Å². The van der Waals surface area contributed by atoms with Gasteiger partial charge in [0.1, 0.15) is 17.6 Å². The first kappa shape index (κ1) is 20.0. The van der Waals surface area contributed by atoms with Crippen molar-refractivity contribution in [2.45, 2.75) is 6.04 Å². The van der Waals surface area contributed by atoms with Crippen molar-refractivity contribution in [2.75, 3.05) is 4.90 Å². The summed E-state index contributed by atoms with van der Waals surface area (Å²) < 4.78 is 13.3. The first-order valence-electron chi connectivity index (χ1n) is 9.25. The van der Waals surface area contributed by atoms with E-state index in [-0.39, 0.29) is 22.4 Å². The minimum atomic E-state index is -1.24. The topological polar surface area (TPSA) is 101 Å². The van der Waals surface area contributed by atoms with Gasteiger partial charge in [0.15, 0.2) is 0 Å². The Hall–Kier alpha value is -4.33. The van der Waals surface area contributed by atoms with Crippen LogP contribution < -0.4 is 4.90 Å². The van der Waals surface area contributed by atoms with Crippen molar-refractivity contribution in [1.82, 2.24) is 0 Å². The number of hydrogen-bond donors (Lipinski definition) is 1. The smallest absolute Gasteiger partial charge is 0.300 e. The maximum atomic E-state index is 13.3. The predicted molar refractivity (Wildman–Crippen MR) is 111 cm³/mol. The second-order valence-electron chi connectivity index (χ2n) is 6.83. The second-order valence-corrected chi connectivity index (χ2v) is 6.83. The van der Waals surface area contributed by atoms with Gasteiger partial charge < -0.3 is 5.11 Å². The first-order chi connectivity index (χ1) is 14.9. The van der Waals surface area contributed by atoms with Gasteiger partial charge in [-0.2, -0.15) is 0 Å². The monoisotopic (exact) mass is 418 g/mol. The zero-order chi connectivity index (χ0) is 22.1. The fourth-order valence-corrected chi connectivity index (χ4v) is 3.63. The fourth-order valence-electron chi connectivity index (χ4n) is 3.63. The summed E-state index contributed by atoms with van der Waals surface area (Å²) >= 11 is 0. The van der Waals surface area contributed by atoms with E-state index < -0.39 is 34.2 Å². The lowest BCUT2D eigenvalue weighted by Gasteiger charge is -2.25. The van der Waals surface area contributed by atoms with Crippen molar-refractivity contribution in [1.29, 1.82) is 0 Å². The highest BCUT2D eigenvalue weighted by molar-refractivity contribution is 6.51. The summed E-state index contributed by atoms with van der Waals surface area (Å²) in [4.78, 5) is 38.1. The summed E-state index contributed by atoms with van der Waals surface area (Å²) in [5.74, 6) is -3.01. The molecule has 0 bridgehead atoms. The third-order valence-electron chi connectivity index (χ3n) is 5.02. The van der Waals surface area contributed by atoms with Crippen LogP contribution in [-0.2, 0) is 9.59 Å². The van der Waals surface area contributed by atoms with Crippen LogP contribution in [0.5, 0.6) is 0 Å². The van der Waals surface area contributed by atoms with E-state index >= 15 is 0 Å². The van der Waals surface area contributed by atoms with E-state index in [0.29, 0.717) is 5.69 Å². The van der Waals surface area contributed by atoms with Gasteiger partial charge in [-0.05, 0) is 42.5 Å². The lowest BCUT2D eigenvalue weighted by molar-refractivity contribution is -0.385. The van der Waals surface area contributed by atoms with Crippen LogP contribution in [0, 0.1) is 15.9 Å². The number of aliphatic hydroxyl groups is 1. The number of ketones is 1. The molecule has 1 saturated heterocycles. The molecule has 154 valence electrons. The average Bonchev–Trinajstić information content (AvgIpc) is 3.05. The molecule has 0 spiro atoms. The van der Waals surface area contributed by atoms with E-state index in [1.807, 2.05) is 0 Å². The molecular formula is C23H15FN2O5. The Morgan fingerprint density at radius 2 is 1.55 bits per heavy atom. The van der Waals surface area contributed by atoms with Crippen molar-refractivity contribution in [3.8, 4) is 0 Å². The molecule has 1 aliphatic heterocycles. The molecule has 1 atom stereocenters. The molecule has 0 radical (unpaired) electrons. The number of halogens is 1. The number of rotatable bonds is 4. The van der Waals surface area contributed by atoms with Crippen LogP contribution in [0.2, 0.25) is 0 Å². The lowest BCUT2D eigenvalue weighted by Crippen LogP contribution is -2.29. The molecule has 1 aliphatic rings. The molecule has 1 fully saturated rings. The largest absolute Gasteiger partial charge is 0.507 e. The maximum Gasteiger partial charge on any atom is 0.300 e. The molecule has 3 aromatic rings. The fraction of sp³-hybridized carbons (Fsp3) is 0.0435. The van der Waals surface area contributed by atoms with Gasteiger partial charge >= 0.3 is 0 Å². The Morgan fingerprint density at radius 3 is 2.19 bits per heavy atom. The minimum Gasteiger partial charge on any atom is -0.507 e. The van der Waals surface area contributed by atoms with Crippen molar-refractivity contribution < 1.29 is 24.0 Å². The quantitative estimate of drug-likeness (QED) is 0.223. The number of aliphatic hydroxyl groups excluding tert-OH is 1. The summed E-state index contributed by atoms with van der Waals surface area (Å²) in [5.41, 5.74) is -0.101. The van der Waals surface area contributed by atoms with E-state index in [0.717, 1.165) is 17.0 Å². The van der Waals surface area contributed by atoms with Crippen LogP contribution in [0.1, 0.15) is 17.2 Å². The van der Waals surface area contributed by atoms with E-state index in [4.69, 9.17) is 0 Å². The van der Waals surface area contributed by atoms with Gasteiger partial charge in [0, 0.05) is 17.3 Å². The number of nitro groups is 1. The van der Waals surface area contributed by atoms with E-state index in [9.17, 15) is 29.2 Å². The van der Waals surface area contributed by atoms with E-state index in [1.54, 1.807) is 36.4 Å². The highest BCUT2D eigenvalue weighted by atomic mass is 19.1. The van der Waals surface area contributed by atoms with Crippen LogP contribution in [0.4, 0.5) is 15.8 Å². The Morgan fingerprint density at radius 1 is 0.935 bits per heavy atom. The van der Waals surface area contributed by atoms with Gasteiger partial charge in [-0.1, -0.05) is 30.3 Å². The number of amides is 1. The lowest BCUT2D eigenvalue weighted by atomic mass is 9.94. The highest BCUT2D eigenvalue weighted by Crippen LogP contribution is 2.44. The highest BCUT2D eigenvalue weighted by Gasteiger charge is 2.48. The molecule has 8 heteroatoms. The Bertz CT molecular complexity index is 1220. The number of nitro benzene ring substituents is 1. The Kier molecular flexibility index (Phi) is 5.04. The molecule has 1 heterocycles. The summed E-state index contributed by atoms with van der Waals surface area (Å²) in [6.07, 6.45) is 0. The van der Waals surface area contributed by atoms with Crippen LogP contribution in [0.25, 0.3) is 5.76 Å². The van der Waals surface area contributed by atoms with Crippen molar-refractivity contribution >= 4 is 28.8 Å². The van der Waals surface area contributed by atoms with Gasteiger partial charge in [0.2, 0.25) is 0 Å². The first-order valence-corrected chi connectivity index (χ1v) is 9.25. The number of benzene rings is 3. The SMILES string of the molecule is O=C1C(=O)N(c2ccccc2)[C@H](c2ccccc2[N+](=O)[O-])C1=C(O)c1ccc(F)cc1. The summed E-state index contributed by atoms with van der Waals surface area (Å²) in [5, 5.41) is 22.6. The number of Topliss-reactive ketones (excluding diaryl/α,β-unsaturated/α-hetero) is 1. The zero-order valence-electron chi connectivity index (χ0n) is 15.9. The molecule has 7 nitrogen and oxygen atoms in total. The number of carbonyl (C=O) groups is 2. The number of anilines is 1. The number of carbonyl (C=O) groups excluding carboxylic acids is 2. The standard InChI is InChI=1S/C23H15FN2O5/c24-15-12-10-14(11-13-15)21(27)19-20(17-8-4-5-9-18(17)26(30)31)25(23(29)22(19)28)16-6-2-1-3-7-16/h1-13,20,27H/t20-/m1/s1. The Labute approximate surface area is 175 Å². The summed E-state index contributed by atoms with van der Waals surface area (Å²) in [6, 6.07) is 17.4. The van der Waals surface area contributed by atoms with Gasteiger partial charge in [0.05, 0.1) is 16.1 Å². The third kappa shape index (κ3) is 3.44. The molecule has 0 saturated carbocycles. The van der Waals surface area contributed by atoms with Gasteiger partial charge in [-0.3, -0.25) is 24.6 Å². The molecule has 0 unspecified atom stereocenters. The Balaban J connectivity index is 2.01. The minimum absolute atomic E-state index is 0.0687. The molecule has 31 heavy (non-hydrogen) atoms. The summed E-state index contributed by atoms with van der Waals surface area (Å²) in [6.45, 7) is 0. The maximum absolute atomic E-state index is 13.3. The molecule has 1 amide bonds. The number of para-hydroxylation sites is 2. The molecular weight excluding hydrogens is 403 g/mol. The van der Waals surface area contributed by atoms with Crippen LogP contribution in [0.15, 0.2) is 84.4 Å². The average molecular weight is 418 g/mol. The van der Waals surface area contributed by atoms with Gasteiger partial charge in [0.25, 0.3) is 17.4 Å². The molecule has 4 rings (SSSR count). The summed E-state index contributed by atoms with van der Waals surface area (Å²) in [7, 11) is 0. The van der Waals surface area contributed by atoms with Crippen LogP contribution in [0.3, 0.4) is 0 Å². The van der Waals surface area contributed by atoms with Crippen molar-refractivity contribution in [3.63, 3.8) is 0 Å². The normalized spacial score (nSPS) is 17.7. The number of hydrogen-bond acceptors (Lipinski definition) is 5. The van der Waals surface area contributed by atoms with E-state index in [1.165, 1.54) is 30.3 Å². The molecule has 1 N–H and O–H groups in total. The van der Waals surface area contributed by atoms with Crippen molar-refractivity contribution in [2.24, 2.45) is 0 Å². The van der Waals surface area contributed by atoms with Crippen molar-refractivity contribution in [3.05, 3.63) is 111 Å². The third-order valence-corrected chi connectivity index (χ3v) is 5.02. The van der Waals surface area contributed by atoms with Gasteiger partial charge in [-0.25, -0.2) is 4.39 Å². The molecule has 0 aromatic heterocycles. The zero-order valence-corrected chi connectivity index (χ0v) is 15.9. The predicted octanol–water partition coefficient (Wildman–Crippen LogP) is 4.36.